The highest BCUT2D eigenvalue weighted by Crippen LogP contribution is 2.29. The predicted octanol–water partition coefficient (Wildman–Crippen LogP) is 3.24. The Kier molecular flexibility index (Phi) is 5.46. The van der Waals surface area contributed by atoms with Crippen molar-refractivity contribution in [3.8, 4) is 11.5 Å². The van der Waals surface area contributed by atoms with Crippen molar-refractivity contribution in [2.45, 2.75) is 20.8 Å². The number of rotatable bonds is 4. The number of anilines is 1. The zero-order chi connectivity index (χ0) is 20.4. The molecule has 2 aromatic carbocycles. The molecule has 1 fully saturated rings. The largest absolute Gasteiger partial charge is 0.504 e. The van der Waals surface area contributed by atoms with E-state index in [-0.39, 0.29) is 22.2 Å². The molecule has 0 bridgehead atoms. The van der Waals surface area contributed by atoms with Gasteiger partial charge in [-0.15, -0.1) is 0 Å². The van der Waals surface area contributed by atoms with Gasteiger partial charge in [-0.05, 0) is 68.4 Å². The average Bonchev–Trinajstić information content (AvgIpc) is 2.63. The number of thiocarbonyl (C=S) groups is 1. The first-order valence-electron chi connectivity index (χ1n) is 8.76. The normalized spacial score (nSPS) is 15.8. The van der Waals surface area contributed by atoms with E-state index in [2.05, 4.69) is 5.32 Å². The maximum absolute atomic E-state index is 13.1. The fourth-order valence-corrected chi connectivity index (χ4v) is 3.26. The van der Waals surface area contributed by atoms with E-state index < -0.39 is 11.8 Å². The number of carbonyl (C=O) groups is 2. The zero-order valence-electron chi connectivity index (χ0n) is 15.8. The van der Waals surface area contributed by atoms with E-state index in [1.54, 1.807) is 25.1 Å². The smallest absolute Gasteiger partial charge is 0.270 e. The van der Waals surface area contributed by atoms with Crippen molar-refractivity contribution in [2.24, 2.45) is 0 Å². The van der Waals surface area contributed by atoms with Gasteiger partial charge in [0, 0.05) is 0 Å². The summed E-state index contributed by atoms with van der Waals surface area (Å²) in [5.74, 6) is -0.808. The van der Waals surface area contributed by atoms with Crippen LogP contribution in [0.1, 0.15) is 23.6 Å². The summed E-state index contributed by atoms with van der Waals surface area (Å²) in [7, 11) is 0. The molecule has 1 aliphatic rings. The molecule has 6 nitrogen and oxygen atoms in total. The van der Waals surface area contributed by atoms with E-state index >= 15 is 0 Å². The molecule has 2 amide bonds. The van der Waals surface area contributed by atoms with E-state index in [0.29, 0.717) is 17.9 Å². The van der Waals surface area contributed by atoms with E-state index in [4.69, 9.17) is 17.0 Å². The first kappa shape index (κ1) is 19.6. The van der Waals surface area contributed by atoms with Gasteiger partial charge in [-0.2, -0.15) is 0 Å². The van der Waals surface area contributed by atoms with Crippen molar-refractivity contribution in [2.75, 3.05) is 11.5 Å². The number of phenolic OH excluding ortho intramolecular Hbond substituents is 1. The van der Waals surface area contributed by atoms with Gasteiger partial charge in [-0.1, -0.05) is 23.8 Å². The van der Waals surface area contributed by atoms with E-state index in [1.165, 1.54) is 17.0 Å². The molecule has 1 aliphatic heterocycles. The summed E-state index contributed by atoms with van der Waals surface area (Å²) in [5.41, 5.74) is 3.04. The summed E-state index contributed by atoms with van der Waals surface area (Å²) in [6.07, 6.45) is 1.46. The monoisotopic (exact) mass is 396 g/mol. The number of carbonyl (C=O) groups excluding carboxylic acids is 2. The third-order valence-electron chi connectivity index (χ3n) is 4.29. The summed E-state index contributed by atoms with van der Waals surface area (Å²) >= 11 is 5.24. The number of aromatic hydroxyl groups is 1. The molecule has 1 saturated heterocycles. The maximum Gasteiger partial charge on any atom is 0.270 e. The van der Waals surface area contributed by atoms with Gasteiger partial charge in [0.25, 0.3) is 11.8 Å². The molecule has 0 atom stereocenters. The topological polar surface area (TPSA) is 78.9 Å². The lowest BCUT2D eigenvalue weighted by molar-refractivity contribution is -0.122. The Morgan fingerprint density at radius 1 is 1.18 bits per heavy atom. The minimum Gasteiger partial charge on any atom is -0.504 e. The predicted molar refractivity (Wildman–Crippen MR) is 111 cm³/mol. The van der Waals surface area contributed by atoms with Gasteiger partial charge < -0.3 is 9.84 Å². The standard InChI is InChI=1S/C21H20N2O4S/c1-4-27-18-11-14(6-8-17(18)24)10-15-19(25)22-21(28)23(20(15)26)16-7-5-12(2)9-13(16)3/h5-11,24H,4H2,1-3H3,(H,22,25,28)/b15-10+. The van der Waals surface area contributed by atoms with Crippen molar-refractivity contribution in [3.05, 3.63) is 58.7 Å². The number of aryl methyl sites for hydroxylation is 2. The van der Waals surface area contributed by atoms with Gasteiger partial charge in [0.05, 0.1) is 12.3 Å². The van der Waals surface area contributed by atoms with Crippen LogP contribution >= 0.6 is 12.2 Å². The summed E-state index contributed by atoms with van der Waals surface area (Å²) in [5, 5.41) is 12.4. The Morgan fingerprint density at radius 2 is 1.93 bits per heavy atom. The van der Waals surface area contributed by atoms with Crippen LogP contribution in [0.25, 0.3) is 6.08 Å². The molecule has 2 aromatic rings. The minimum absolute atomic E-state index is 0.0125. The van der Waals surface area contributed by atoms with Crippen LogP contribution in [-0.2, 0) is 9.59 Å². The Morgan fingerprint density at radius 3 is 2.61 bits per heavy atom. The molecule has 0 aromatic heterocycles. The van der Waals surface area contributed by atoms with Gasteiger partial charge >= 0.3 is 0 Å². The Bertz CT molecular complexity index is 1010. The minimum atomic E-state index is -0.568. The van der Waals surface area contributed by atoms with E-state index in [9.17, 15) is 14.7 Å². The zero-order valence-corrected chi connectivity index (χ0v) is 16.6. The quantitative estimate of drug-likeness (QED) is 0.471. The van der Waals surface area contributed by atoms with Crippen LogP contribution in [0, 0.1) is 13.8 Å². The molecular formula is C21H20N2O4S. The molecule has 144 valence electrons. The molecule has 1 heterocycles. The van der Waals surface area contributed by atoms with Crippen LogP contribution in [0.3, 0.4) is 0 Å². The number of nitrogens with one attached hydrogen (secondary N) is 1. The molecule has 0 saturated carbocycles. The number of hydrogen-bond donors (Lipinski definition) is 2. The van der Waals surface area contributed by atoms with E-state index in [1.807, 2.05) is 26.0 Å². The van der Waals surface area contributed by atoms with Crippen LogP contribution in [0.5, 0.6) is 11.5 Å². The number of hydrogen-bond acceptors (Lipinski definition) is 5. The molecule has 0 aliphatic carbocycles. The molecule has 7 heteroatoms. The van der Waals surface area contributed by atoms with Crippen LogP contribution in [0.2, 0.25) is 0 Å². The van der Waals surface area contributed by atoms with Crippen LogP contribution in [-0.4, -0.2) is 28.6 Å². The number of benzene rings is 2. The molecule has 0 spiro atoms. The average molecular weight is 396 g/mol. The Labute approximate surface area is 168 Å². The maximum atomic E-state index is 13.1. The highest BCUT2D eigenvalue weighted by molar-refractivity contribution is 7.80. The highest BCUT2D eigenvalue weighted by Gasteiger charge is 2.35. The second-order valence-electron chi connectivity index (χ2n) is 6.41. The molecule has 2 N–H and O–H groups in total. The summed E-state index contributed by atoms with van der Waals surface area (Å²) in [4.78, 5) is 26.8. The van der Waals surface area contributed by atoms with Gasteiger partial charge in [0.15, 0.2) is 16.6 Å². The summed E-state index contributed by atoms with van der Waals surface area (Å²) in [6, 6.07) is 10.2. The Hall–Kier alpha value is -3.19. The first-order chi connectivity index (χ1) is 13.3. The van der Waals surface area contributed by atoms with Crippen LogP contribution in [0.4, 0.5) is 5.69 Å². The second-order valence-corrected chi connectivity index (χ2v) is 6.79. The van der Waals surface area contributed by atoms with Crippen molar-refractivity contribution < 1.29 is 19.4 Å². The molecule has 28 heavy (non-hydrogen) atoms. The number of amides is 2. The van der Waals surface area contributed by atoms with Crippen molar-refractivity contribution in [1.29, 1.82) is 0 Å². The third-order valence-corrected chi connectivity index (χ3v) is 4.57. The number of ether oxygens (including phenoxy) is 1. The molecular weight excluding hydrogens is 376 g/mol. The third kappa shape index (κ3) is 3.75. The summed E-state index contributed by atoms with van der Waals surface area (Å²) in [6.45, 7) is 6.01. The van der Waals surface area contributed by atoms with Crippen molar-refractivity contribution >= 4 is 40.9 Å². The van der Waals surface area contributed by atoms with E-state index in [0.717, 1.165) is 11.1 Å². The summed E-state index contributed by atoms with van der Waals surface area (Å²) < 4.78 is 5.36. The Balaban J connectivity index is 2.02. The number of phenols is 1. The van der Waals surface area contributed by atoms with Crippen molar-refractivity contribution in [3.63, 3.8) is 0 Å². The lowest BCUT2D eigenvalue weighted by atomic mass is 10.0. The molecule has 0 radical (unpaired) electrons. The van der Waals surface area contributed by atoms with Gasteiger partial charge in [-0.25, -0.2) is 0 Å². The lowest BCUT2D eigenvalue weighted by Crippen LogP contribution is -2.54. The van der Waals surface area contributed by atoms with Crippen LogP contribution in [0.15, 0.2) is 42.0 Å². The van der Waals surface area contributed by atoms with Gasteiger partial charge in [0.1, 0.15) is 5.57 Å². The molecule has 0 unspecified atom stereocenters. The fourth-order valence-electron chi connectivity index (χ4n) is 2.99. The highest BCUT2D eigenvalue weighted by atomic mass is 32.1. The fraction of sp³-hybridized carbons (Fsp3) is 0.190. The first-order valence-corrected chi connectivity index (χ1v) is 9.17. The van der Waals surface area contributed by atoms with Crippen LogP contribution < -0.4 is 15.0 Å². The van der Waals surface area contributed by atoms with Crippen molar-refractivity contribution in [1.82, 2.24) is 5.32 Å². The van der Waals surface area contributed by atoms with Gasteiger partial charge in [-0.3, -0.25) is 19.8 Å². The number of nitrogens with zero attached hydrogens (tertiary/aromatic N) is 1. The molecule has 3 rings (SSSR count). The lowest BCUT2D eigenvalue weighted by Gasteiger charge is -2.30. The SMILES string of the molecule is CCOc1cc(/C=C2\C(=O)NC(=S)N(c3ccc(C)cc3C)C2=O)ccc1O. The second kappa shape index (κ2) is 7.82. The van der Waals surface area contributed by atoms with Gasteiger partial charge in [0.2, 0.25) is 0 Å².